The van der Waals surface area contributed by atoms with Crippen LogP contribution in [0, 0.1) is 13.8 Å². The predicted octanol–water partition coefficient (Wildman–Crippen LogP) is 4.08. The summed E-state index contributed by atoms with van der Waals surface area (Å²) in [5, 5.41) is 2.03. The fraction of sp³-hybridized carbons (Fsp3) is 0.182. The maximum atomic E-state index is 4.16. The Labute approximate surface area is 144 Å². The molecule has 0 spiro atoms. The number of aromatic amines is 1. The van der Waals surface area contributed by atoms with Gasteiger partial charge in [-0.1, -0.05) is 50.1 Å². The number of nitrogens with zero attached hydrogens (tertiary/aromatic N) is 1. The molecule has 0 atom stereocenters. The van der Waals surface area contributed by atoms with Gasteiger partial charge in [-0.25, -0.2) is 0 Å². The van der Waals surface area contributed by atoms with Crippen molar-refractivity contribution in [1.82, 2.24) is 9.55 Å². The van der Waals surface area contributed by atoms with Crippen molar-refractivity contribution in [2.45, 2.75) is 20.8 Å². The molecule has 0 bridgehead atoms. The summed E-state index contributed by atoms with van der Waals surface area (Å²) in [5.74, 6) is 0. The number of aromatic nitrogens is 2. The van der Waals surface area contributed by atoms with E-state index in [2.05, 4.69) is 74.5 Å². The second-order valence-corrected chi connectivity index (χ2v) is 5.87. The van der Waals surface area contributed by atoms with Crippen molar-refractivity contribution >= 4 is 30.9 Å². The van der Waals surface area contributed by atoms with Gasteiger partial charge in [-0.3, -0.25) is 0 Å². The zero-order valence-corrected chi connectivity index (χ0v) is 15.1. The van der Waals surface area contributed by atoms with Gasteiger partial charge in [0.1, 0.15) is 0 Å². The van der Waals surface area contributed by atoms with Gasteiger partial charge in [-0.2, -0.15) is 0 Å². The number of hydrogen-bond donors (Lipinski definition) is 1. The molecular formula is C22H26N2. The van der Waals surface area contributed by atoms with Crippen LogP contribution in [0.5, 0.6) is 0 Å². The molecule has 2 nitrogen and oxygen atoms in total. The molecule has 124 valence electrons. The molecule has 0 fully saturated rings. The standard InChI is InChI=1S/C22H26N2/c1-8-11-13-19-16(5)23-17(6)20(19)14-22-15(4)18(10-3)21(12-9-2)24(22)7/h8-14,23H,1,3,6H2,2,4-5,7H3/b12-9-,13-11-,20-14+. The van der Waals surface area contributed by atoms with E-state index in [-0.39, 0.29) is 0 Å². The smallest absolute Gasteiger partial charge is 0.0481 e. The molecule has 2 heteroatoms. The van der Waals surface area contributed by atoms with Crippen LogP contribution in [-0.2, 0) is 7.05 Å². The van der Waals surface area contributed by atoms with Gasteiger partial charge < -0.3 is 9.55 Å². The van der Waals surface area contributed by atoms with Gasteiger partial charge in [0.05, 0.1) is 0 Å². The van der Waals surface area contributed by atoms with E-state index >= 15 is 0 Å². The monoisotopic (exact) mass is 318 g/mol. The lowest BCUT2D eigenvalue weighted by Gasteiger charge is -2.02. The molecule has 1 N–H and O–H groups in total. The molecular weight excluding hydrogens is 292 g/mol. The maximum absolute atomic E-state index is 4.16. The Morgan fingerprint density at radius 1 is 1.04 bits per heavy atom. The number of aryl methyl sites for hydroxylation is 1. The van der Waals surface area contributed by atoms with E-state index in [0.717, 1.165) is 33.2 Å². The maximum Gasteiger partial charge on any atom is 0.0481 e. The summed E-state index contributed by atoms with van der Waals surface area (Å²) in [6, 6.07) is 0. The molecule has 0 saturated carbocycles. The normalized spacial score (nSPS) is 12.6. The summed E-state index contributed by atoms with van der Waals surface area (Å²) in [6.45, 7) is 18.1. The van der Waals surface area contributed by atoms with E-state index < -0.39 is 0 Å². The van der Waals surface area contributed by atoms with Gasteiger partial charge in [0.2, 0.25) is 0 Å². The van der Waals surface area contributed by atoms with Crippen LogP contribution < -0.4 is 10.6 Å². The van der Waals surface area contributed by atoms with Crippen LogP contribution in [0.1, 0.15) is 40.7 Å². The molecule has 0 saturated heterocycles. The molecule has 2 heterocycles. The third-order valence-corrected chi connectivity index (χ3v) is 4.35. The Bertz CT molecular complexity index is 943. The van der Waals surface area contributed by atoms with Crippen LogP contribution in [-0.4, -0.2) is 9.55 Å². The first-order valence-electron chi connectivity index (χ1n) is 8.09. The van der Waals surface area contributed by atoms with E-state index in [1.165, 1.54) is 11.1 Å². The molecule has 2 aromatic rings. The average molecular weight is 318 g/mol. The Morgan fingerprint density at radius 2 is 1.75 bits per heavy atom. The molecule has 0 radical (unpaired) electrons. The van der Waals surface area contributed by atoms with Crippen molar-refractivity contribution < 1.29 is 0 Å². The van der Waals surface area contributed by atoms with Crippen LogP contribution in [0.25, 0.3) is 30.9 Å². The molecule has 0 aliphatic heterocycles. The minimum Gasteiger partial charge on any atom is -0.359 e. The second-order valence-electron chi connectivity index (χ2n) is 5.87. The highest BCUT2D eigenvalue weighted by molar-refractivity contribution is 5.72. The summed E-state index contributed by atoms with van der Waals surface area (Å²) in [4.78, 5) is 3.33. The van der Waals surface area contributed by atoms with Gasteiger partial charge >= 0.3 is 0 Å². The Morgan fingerprint density at radius 3 is 2.33 bits per heavy atom. The Kier molecular flexibility index (Phi) is 5.30. The zero-order valence-electron chi connectivity index (χ0n) is 15.1. The van der Waals surface area contributed by atoms with Gasteiger partial charge in [0.15, 0.2) is 0 Å². The quantitative estimate of drug-likeness (QED) is 0.802. The minimum atomic E-state index is 0.921. The van der Waals surface area contributed by atoms with E-state index in [0.29, 0.717) is 0 Å². The van der Waals surface area contributed by atoms with Gasteiger partial charge in [0.25, 0.3) is 0 Å². The Hall–Kier alpha value is -2.74. The van der Waals surface area contributed by atoms with Crippen molar-refractivity contribution in [2.75, 3.05) is 0 Å². The molecule has 0 aliphatic rings. The minimum absolute atomic E-state index is 0.921. The molecule has 2 rings (SSSR count). The summed E-state index contributed by atoms with van der Waals surface area (Å²) >= 11 is 0. The van der Waals surface area contributed by atoms with Crippen LogP contribution in [0.3, 0.4) is 0 Å². The summed E-state index contributed by atoms with van der Waals surface area (Å²) in [6.07, 6.45) is 14.1. The van der Waals surface area contributed by atoms with E-state index in [1.807, 2.05) is 19.1 Å². The highest BCUT2D eigenvalue weighted by Crippen LogP contribution is 2.24. The van der Waals surface area contributed by atoms with Crippen LogP contribution in [0.2, 0.25) is 0 Å². The van der Waals surface area contributed by atoms with Crippen LogP contribution in [0.4, 0.5) is 0 Å². The van der Waals surface area contributed by atoms with Gasteiger partial charge in [-0.05, 0) is 38.5 Å². The summed E-state index contributed by atoms with van der Waals surface area (Å²) in [5.41, 5.74) is 6.97. The number of hydrogen-bond acceptors (Lipinski definition) is 0. The molecule has 0 aromatic carbocycles. The first-order chi connectivity index (χ1) is 11.5. The molecule has 24 heavy (non-hydrogen) atoms. The van der Waals surface area contributed by atoms with Crippen molar-refractivity contribution in [3.63, 3.8) is 0 Å². The first-order valence-corrected chi connectivity index (χ1v) is 8.09. The van der Waals surface area contributed by atoms with Crippen LogP contribution >= 0.6 is 0 Å². The van der Waals surface area contributed by atoms with Gasteiger partial charge in [-0.15, -0.1) is 0 Å². The average Bonchev–Trinajstić information content (AvgIpc) is 2.94. The zero-order chi connectivity index (χ0) is 17.9. The third kappa shape index (κ3) is 3.00. The number of nitrogens with one attached hydrogen (secondary N) is 1. The fourth-order valence-electron chi connectivity index (χ4n) is 3.12. The summed E-state index contributed by atoms with van der Waals surface area (Å²) in [7, 11) is 2.09. The number of H-pyrrole nitrogens is 1. The SMILES string of the molecule is C=C/C=C\c1c(C)[nH]c(=C)/c1=C\c1c(C)c(C=C)c(/C=C\C)n1C. The topological polar surface area (TPSA) is 20.7 Å². The largest absolute Gasteiger partial charge is 0.359 e. The fourth-order valence-corrected chi connectivity index (χ4v) is 3.12. The van der Waals surface area contributed by atoms with Crippen molar-refractivity contribution in [3.05, 3.63) is 75.7 Å². The first kappa shape index (κ1) is 17.6. The number of allylic oxidation sites excluding steroid dienone is 3. The molecule has 0 aliphatic carbocycles. The van der Waals surface area contributed by atoms with Crippen LogP contribution in [0.15, 0.2) is 31.4 Å². The lowest BCUT2D eigenvalue weighted by molar-refractivity contribution is 0.897. The third-order valence-electron chi connectivity index (χ3n) is 4.35. The molecule has 0 amide bonds. The second kappa shape index (κ2) is 7.22. The Balaban J connectivity index is 2.83. The lowest BCUT2D eigenvalue weighted by Crippen LogP contribution is -2.23. The van der Waals surface area contributed by atoms with Crippen molar-refractivity contribution in [2.24, 2.45) is 7.05 Å². The summed E-state index contributed by atoms with van der Waals surface area (Å²) < 4.78 is 2.20. The predicted molar refractivity (Wildman–Crippen MR) is 108 cm³/mol. The lowest BCUT2D eigenvalue weighted by atomic mass is 10.1. The van der Waals surface area contributed by atoms with Crippen molar-refractivity contribution in [1.29, 1.82) is 0 Å². The van der Waals surface area contributed by atoms with Gasteiger partial charge in [0, 0.05) is 45.8 Å². The van der Waals surface area contributed by atoms with Crippen molar-refractivity contribution in [3.8, 4) is 0 Å². The van der Waals surface area contributed by atoms with E-state index in [4.69, 9.17) is 0 Å². The number of rotatable bonds is 5. The van der Waals surface area contributed by atoms with E-state index in [1.54, 1.807) is 6.08 Å². The van der Waals surface area contributed by atoms with E-state index in [9.17, 15) is 0 Å². The molecule has 0 unspecified atom stereocenters. The molecule has 2 aromatic heterocycles. The highest BCUT2D eigenvalue weighted by atomic mass is 15.0. The highest BCUT2D eigenvalue weighted by Gasteiger charge is 2.13.